The molecule has 3 heterocycles. The highest BCUT2D eigenvalue weighted by atomic mass is 16.5. The van der Waals surface area contributed by atoms with Crippen molar-refractivity contribution >= 4 is 11.9 Å². The number of benzene rings is 1. The first-order valence-electron chi connectivity index (χ1n) is 11.0. The van der Waals surface area contributed by atoms with Gasteiger partial charge in [0.15, 0.2) is 5.60 Å². The van der Waals surface area contributed by atoms with Gasteiger partial charge in [-0.05, 0) is 48.6 Å². The molecule has 28 heavy (non-hydrogen) atoms. The third-order valence-electron chi connectivity index (χ3n) is 7.98. The summed E-state index contributed by atoms with van der Waals surface area (Å²) < 4.78 is 12.6. The molecule has 5 nitrogen and oxygen atoms in total. The number of likely N-dealkylation sites (tertiary alicyclic amines) is 1. The molecular formula is C23H28N2O3. The van der Waals surface area contributed by atoms with Crippen molar-refractivity contribution in [1.29, 1.82) is 0 Å². The minimum atomic E-state index is -0.652. The summed E-state index contributed by atoms with van der Waals surface area (Å²) in [5.41, 5.74) is 1.83. The maximum atomic E-state index is 12.8. The zero-order valence-corrected chi connectivity index (χ0v) is 16.4. The van der Waals surface area contributed by atoms with Crippen molar-refractivity contribution in [2.45, 2.75) is 69.2 Å². The van der Waals surface area contributed by atoms with E-state index >= 15 is 0 Å². The molecule has 1 saturated heterocycles. The molecule has 0 bridgehead atoms. The van der Waals surface area contributed by atoms with Gasteiger partial charge in [0, 0.05) is 13.1 Å². The van der Waals surface area contributed by atoms with E-state index in [0.29, 0.717) is 24.5 Å². The number of carbonyl (C=O) groups excluding carboxylic acids is 1. The molecule has 1 aromatic carbocycles. The number of aliphatic imine (C=N–C) groups is 1. The van der Waals surface area contributed by atoms with Crippen molar-refractivity contribution in [3.63, 3.8) is 0 Å². The van der Waals surface area contributed by atoms with Crippen LogP contribution < -0.4 is 0 Å². The van der Waals surface area contributed by atoms with E-state index in [-0.39, 0.29) is 11.5 Å². The Morgan fingerprint density at radius 1 is 1.00 bits per heavy atom. The summed E-state index contributed by atoms with van der Waals surface area (Å²) in [5.74, 6) is 1.28. The number of ether oxygens (including phenoxy) is 2. The number of amides is 1. The molecule has 5 aliphatic rings. The number of nitrogens with zero attached hydrogens (tertiary/aromatic N) is 2. The SMILES string of the molecule is O=C1N=C(N2CCC3(CC2)OCc2ccccc23)OC12C[C@H]1CCCC[C@H]1C2. The maximum Gasteiger partial charge on any atom is 0.296 e. The maximum absolute atomic E-state index is 12.8. The van der Waals surface area contributed by atoms with Gasteiger partial charge in [-0.1, -0.05) is 49.9 Å². The monoisotopic (exact) mass is 380 g/mol. The molecule has 1 unspecified atom stereocenters. The van der Waals surface area contributed by atoms with Crippen molar-refractivity contribution in [3.8, 4) is 0 Å². The van der Waals surface area contributed by atoms with E-state index in [4.69, 9.17) is 9.47 Å². The van der Waals surface area contributed by atoms with Crippen LogP contribution in [-0.2, 0) is 26.5 Å². The topological polar surface area (TPSA) is 51.1 Å². The number of piperidine rings is 1. The summed E-state index contributed by atoms with van der Waals surface area (Å²) in [5, 5.41) is 0. The summed E-state index contributed by atoms with van der Waals surface area (Å²) in [6.45, 7) is 2.35. The summed E-state index contributed by atoms with van der Waals surface area (Å²) in [4.78, 5) is 19.4. The molecule has 0 radical (unpaired) electrons. The lowest BCUT2D eigenvalue weighted by molar-refractivity contribution is -0.131. The highest BCUT2D eigenvalue weighted by Gasteiger charge is 2.57. The van der Waals surface area contributed by atoms with Crippen LogP contribution in [0, 0.1) is 11.8 Å². The van der Waals surface area contributed by atoms with E-state index in [2.05, 4.69) is 34.2 Å². The van der Waals surface area contributed by atoms with Gasteiger partial charge < -0.3 is 14.4 Å². The van der Waals surface area contributed by atoms with Crippen LogP contribution in [0.2, 0.25) is 0 Å². The molecule has 148 valence electrons. The molecule has 2 aliphatic carbocycles. The Balaban J connectivity index is 1.16. The molecule has 2 saturated carbocycles. The first-order valence-corrected chi connectivity index (χ1v) is 11.0. The number of hydrogen-bond donors (Lipinski definition) is 0. The van der Waals surface area contributed by atoms with Crippen molar-refractivity contribution in [2.75, 3.05) is 13.1 Å². The van der Waals surface area contributed by atoms with E-state index in [0.717, 1.165) is 38.8 Å². The van der Waals surface area contributed by atoms with Gasteiger partial charge >= 0.3 is 0 Å². The standard InChI is InChI=1S/C23H28N2O3/c26-20-23(13-16-5-1-2-6-17(16)14-23)28-21(24-20)25-11-9-22(10-12-25)19-8-4-3-7-18(19)15-27-22/h3-4,7-8,16-17H,1-2,5-6,9-15H2/t16-,17+,23?. The largest absolute Gasteiger partial charge is 0.448 e. The minimum absolute atomic E-state index is 0.0281. The highest BCUT2D eigenvalue weighted by molar-refractivity contribution is 6.01. The highest BCUT2D eigenvalue weighted by Crippen LogP contribution is 2.51. The number of hydrogen-bond acceptors (Lipinski definition) is 4. The predicted octanol–water partition coefficient (Wildman–Crippen LogP) is 3.76. The van der Waals surface area contributed by atoms with Crippen LogP contribution in [0.1, 0.15) is 62.5 Å². The van der Waals surface area contributed by atoms with Crippen LogP contribution in [0.3, 0.4) is 0 Å². The van der Waals surface area contributed by atoms with Gasteiger partial charge in [0.1, 0.15) is 0 Å². The van der Waals surface area contributed by atoms with Gasteiger partial charge in [-0.2, -0.15) is 4.99 Å². The minimum Gasteiger partial charge on any atom is -0.448 e. The molecule has 6 rings (SSSR count). The Morgan fingerprint density at radius 3 is 2.46 bits per heavy atom. The zero-order valence-electron chi connectivity index (χ0n) is 16.4. The quantitative estimate of drug-likeness (QED) is 0.688. The van der Waals surface area contributed by atoms with Crippen LogP contribution in [0.25, 0.3) is 0 Å². The van der Waals surface area contributed by atoms with E-state index in [1.807, 2.05) is 0 Å². The number of rotatable bonds is 0. The number of fused-ring (bicyclic) bond motifs is 3. The normalized spacial score (nSPS) is 35.8. The Labute approximate surface area is 166 Å². The molecule has 0 aromatic heterocycles. The fourth-order valence-electron chi connectivity index (χ4n) is 6.43. The molecular weight excluding hydrogens is 352 g/mol. The molecule has 5 heteroatoms. The lowest BCUT2D eigenvalue weighted by Crippen LogP contribution is -2.46. The average molecular weight is 380 g/mol. The predicted molar refractivity (Wildman–Crippen MR) is 105 cm³/mol. The Morgan fingerprint density at radius 2 is 1.71 bits per heavy atom. The second kappa shape index (κ2) is 6.06. The van der Waals surface area contributed by atoms with Crippen LogP contribution in [0.5, 0.6) is 0 Å². The average Bonchev–Trinajstić information content (AvgIpc) is 3.37. The summed E-state index contributed by atoms with van der Waals surface area (Å²) in [6.07, 6.45) is 8.68. The van der Waals surface area contributed by atoms with E-state index in [1.165, 1.54) is 36.8 Å². The first kappa shape index (κ1) is 17.0. The fourth-order valence-corrected chi connectivity index (χ4v) is 6.43. The van der Waals surface area contributed by atoms with Gasteiger partial charge in [-0.25, -0.2) is 0 Å². The third-order valence-corrected chi connectivity index (χ3v) is 7.98. The van der Waals surface area contributed by atoms with Crippen LogP contribution in [0.15, 0.2) is 29.3 Å². The molecule has 3 aliphatic heterocycles. The van der Waals surface area contributed by atoms with Gasteiger partial charge in [0.2, 0.25) is 0 Å². The molecule has 1 aromatic rings. The van der Waals surface area contributed by atoms with Gasteiger partial charge in [0.05, 0.1) is 12.2 Å². The van der Waals surface area contributed by atoms with E-state index in [1.54, 1.807) is 0 Å². The van der Waals surface area contributed by atoms with E-state index in [9.17, 15) is 4.79 Å². The number of carbonyl (C=O) groups is 1. The third kappa shape index (κ3) is 2.41. The van der Waals surface area contributed by atoms with Crippen LogP contribution >= 0.6 is 0 Å². The van der Waals surface area contributed by atoms with E-state index < -0.39 is 5.60 Å². The Kier molecular flexibility index (Phi) is 3.68. The zero-order chi connectivity index (χ0) is 18.8. The summed E-state index contributed by atoms with van der Waals surface area (Å²) in [7, 11) is 0. The smallest absolute Gasteiger partial charge is 0.296 e. The Hall–Kier alpha value is -1.88. The summed E-state index contributed by atoms with van der Waals surface area (Å²) in [6, 6.07) is 9.14. The first-order chi connectivity index (χ1) is 13.7. The van der Waals surface area contributed by atoms with Crippen molar-refractivity contribution in [2.24, 2.45) is 16.8 Å². The molecule has 3 fully saturated rings. The van der Waals surface area contributed by atoms with Gasteiger partial charge in [-0.15, -0.1) is 0 Å². The fraction of sp³-hybridized carbons (Fsp3) is 0.652. The molecule has 3 atom stereocenters. The van der Waals surface area contributed by atoms with Crippen molar-refractivity contribution in [1.82, 2.24) is 4.90 Å². The lowest BCUT2D eigenvalue weighted by atomic mass is 9.82. The second-order valence-electron chi connectivity index (χ2n) is 9.44. The van der Waals surface area contributed by atoms with Crippen molar-refractivity contribution in [3.05, 3.63) is 35.4 Å². The van der Waals surface area contributed by atoms with Crippen molar-refractivity contribution < 1.29 is 14.3 Å². The second-order valence-corrected chi connectivity index (χ2v) is 9.44. The van der Waals surface area contributed by atoms with Crippen LogP contribution in [0.4, 0.5) is 0 Å². The van der Waals surface area contributed by atoms with Crippen LogP contribution in [-0.4, -0.2) is 35.5 Å². The summed E-state index contributed by atoms with van der Waals surface area (Å²) >= 11 is 0. The number of amidine groups is 1. The van der Waals surface area contributed by atoms with Gasteiger partial charge in [0.25, 0.3) is 11.9 Å². The van der Waals surface area contributed by atoms with Gasteiger partial charge in [-0.3, -0.25) is 4.79 Å². The lowest BCUT2D eigenvalue weighted by Gasteiger charge is -2.39. The Bertz CT molecular complexity index is 826. The molecule has 2 spiro atoms. The molecule has 0 N–H and O–H groups in total. The molecule has 1 amide bonds.